The fourth-order valence-corrected chi connectivity index (χ4v) is 4.60. The Hall–Kier alpha value is -4.13. The average molecular weight is 487 g/mol. The molecule has 6 nitrogen and oxygen atoms in total. The van der Waals surface area contributed by atoms with E-state index < -0.39 is 5.92 Å². The van der Waals surface area contributed by atoms with E-state index >= 15 is 0 Å². The number of carbonyl (C=O) groups is 2. The Morgan fingerprint density at radius 2 is 1.39 bits per heavy atom. The van der Waals surface area contributed by atoms with Gasteiger partial charge in [0.2, 0.25) is 18.6 Å². The fraction of sp³-hybridized carbons (Fsp3) is 0.241. The van der Waals surface area contributed by atoms with Crippen LogP contribution in [-0.4, -0.2) is 18.6 Å². The Morgan fingerprint density at radius 1 is 0.722 bits per heavy atom. The molecule has 2 aliphatic heterocycles. The maximum Gasteiger partial charge on any atom is 0.231 e. The Balaban J connectivity index is 1.48. The van der Waals surface area contributed by atoms with Crippen LogP contribution in [0.3, 0.4) is 0 Å². The highest BCUT2D eigenvalue weighted by Gasteiger charge is 2.28. The molecule has 0 aromatic heterocycles. The number of benzene rings is 3. The summed E-state index contributed by atoms with van der Waals surface area (Å²) in [5.74, 6) is -0.156. The van der Waals surface area contributed by atoms with Crippen LogP contribution in [-0.2, 0) is 9.59 Å². The molecule has 2 aliphatic rings. The van der Waals surface area contributed by atoms with Gasteiger partial charge in [-0.15, -0.1) is 0 Å². The highest BCUT2D eigenvalue weighted by molar-refractivity contribution is 5.90. The molecular formula is C29H27FN2O4. The number of ether oxygens (including phenoxy) is 2. The molecule has 0 saturated carbocycles. The van der Waals surface area contributed by atoms with Crippen LogP contribution < -0.4 is 20.1 Å². The van der Waals surface area contributed by atoms with E-state index in [4.69, 9.17) is 9.47 Å². The summed E-state index contributed by atoms with van der Waals surface area (Å²) >= 11 is 0. The van der Waals surface area contributed by atoms with Gasteiger partial charge in [-0.05, 0) is 53.8 Å². The summed E-state index contributed by atoms with van der Waals surface area (Å²) in [4.78, 5) is 26.7. The van der Waals surface area contributed by atoms with Crippen molar-refractivity contribution in [3.63, 3.8) is 0 Å². The first-order valence-corrected chi connectivity index (χ1v) is 12.0. The zero-order valence-corrected chi connectivity index (χ0v) is 19.7. The molecule has 0 bridgehead atoms. The van der Waals surface area contributed by atoms with Crippen molar-refractivity contribution >= 4 is 11.8 Å². The molecule has 0 aliphatic carbocycles. The lowest BCUT2D eigenvalue weighted by molar-refractivity contribution is -0.128. The van der Waals surface area contributed by atoms with Crippen LogP contribution in [0, 0.1) is 5.82 Å². The molecule has 3 atom stereocenters. The smallest absolute Gasteiger partial charge is 0.231 e. The van der Waals surface area contributed by atoms with E-state index in [1.807, 2.05) is 60.7 Å². The van der Waals surface area contributed by atoms with Crippen LogP contribution >= 0.6 is 0 Å². The number of fused-ring (bicyclic) bond motifs is 1. The fourth-order valence-electron chi connectivity index (χ4n) is 4.60. The Morgan fingerprint density at radius 3 is 2.14 bits per heavy atom. The SMILES string of the molecule is O=C1C[C@H](c2ccccc2)C(=O)N[C@@H](c2ccc3c(c2)OCO3)C/C=C\C[C@H](c2ccc(F)cc2)N1. The van der Waals surface area contributed by atoms with E-state index in [9.17, 15) is 14.0 Å². The van der Waals surface area contributed by atoms with Crippen molar-refractivity contribution in [2.24, 2.45) is 0 Å². The molecule has 36 heavy (non-hydrogen) atoms. The Kier molecular flexibility index (Phi) is 6.98. The summed E-state index contributed by atoms with van der Waals surface area (Å²) in [7, 11) is 0. The van der Waals surface area contributed by atoms with Gasteiger partial charge in [0.1, 0.15) is 5.82 Å². The minimum atomic E-state index is -0.667. The van der Waals surface area contributed by atoms with Crippen molar-refractivity contribution in [2.45, 2.75) is 37.3 Å². The molecule has 0 spiro atoms. The quantitative estimate of drug-likeness (QED) is 0.506. The number of hydrogen-bond acceptors (Lipinski definition) is 4. The minimum absolute atomic E-state index is 0.00881. The van der Waals surface area contributed by atoms with Gasteiger partial charge in [0.05, 0.1) is 18.0 Å². The third kappa shape index (κ3) is 5.40. The van der Waals surface area contributed by atoms with Gasteiger partial charge in [-0.25, -0.2) is 4.39 Å². The largest absolute Gasteiger partial charge is 0.454 e. The number of hydrogen-bond donors (Lipinski definition) is 2. The van der Waals surface area contributed by atoms with Crippen molar-refractivity contribution < 1.29 is 23.5 Å². The lowest BCUT2D eigenvalue weighted by atomic mass is 9.92. The van der Waals surface area contributed by atoms with Gasteiger partial charge in [-0.1, -0.05) is 60.7 Å². The normalized spacial score (nSPS) is 23.1. The molecule has 3 aromatic carbocycles. The second-order valence-electron chi connectivity index (χ2n) is 8.96. The van der Waals surface area contributed by atoms with Crippen LogP contribution in [0.25, 0.3) is 0 Å². The number of carbonyl (C=O) groups excluding carboxylic acids is 2. The van der Waals surface area contributed by atoms with Gasteiger partial charge in [0.15, 0.2) is 11.5 Å². The molecule has 0 radical (unpaired) electrons. The summed E-state index contributed by atoms with van der Waals surface area (Å²) in [6.07, 6.45) is 5.06. The molecule has 184 valence electrons. The second kappa shape index (κ2) is 10.6. The maximum absolute atomic E-state index is 13.6. The summed E-state index contributed by atoms with van der Waals surface area (Å²) in [5, 5.41) is 6.19. The lowest BCUT2D eigenvalue weighted by Crippen LogP contribution is -2.37. The van der Waals surface area contributed by atoms with Crippen LogP contribution in [0.5, 0.6) is 11.5 Å². The van der Waals surface area contributed by atoms with Crippen molar-refractivity contribution in [3.05, 3.63) is 107 Å². The summed E-state index contributed by atoms with van der Waals surface area (Å²) < 4.78 is 24.5. The molecule has 2 N–H and O–H groups in total. The van der Waals surface area contributed by atoms with Crippen LogP contribution in [0.15, 0.2) is 84.9 Å². The van der Waals surface area contributed by atoms with Gasteiger partial charge in [-0.3, -0.25) is 9.59 Å². The van der Waals surface area contributed by atoms with Crippen molar-refractivity contribution in [1.29, 1.82) is 0 Å². The molecule has 0 unspecified atom stereocenters. The van der Waals surface area contributed by atoms with E-state index in [1.54, 1.807) is 12.1 Å². The first-order chi connectivity index (χ1) is 17.6. The minimum Gasteiger partial charge on any atom is -0.454 e. The number of amides is 2. The van der Waals surface area contributed by atoms with E-state index in [0.29, 0.717) is 24.3 Å². The van der Waals surface area contributed by atoms with Crippen molar-refractivity contribution in [1.82, 2.24) is 10.6 Å². The number of halogens is 1. The molecular weight excluding hydrogens is 459 g/mol. The zero-order chi connectivity index (χ0) is 24.9. The third-order valence-corrected chi connectivity index (χ3v) is 6.54. The van der Waals surface area contributed by atoms with Gasteiger partial charge < -0.3 is 20.1 Å². The van der Waals surface area contributed by atoms with Gasteiger partial charge in [-0.2, -0.15) is 0 Å². The first-order valence-electron chi connectivity index (χ1n) is 12.0. The standard InChI is InChI=1S/C29H27FN2O4/c30-22-13-10-20(11-14-22)24-8-4-5-9-25(21-12-15-26-27(16-21)36-18-35-26)32-29(34)23(17-28(33)31-24)19-6-2-1-3-7-19/h1-7,10-16,23-25H,8-9,17-18H2,(H,31,33)(H,32,34)/b5-4-/t23-,24-,25-/m1/s1. The van der Waals surface area contributed by atoms with Crippen LogP contribution in [0.2, 0.25) is 0 Å². The van der Waals surface area contributed by atoms with E-state index in [2.05, 4.69) is 10.6 Å². The highest BCUT2D eigenvalue weighted by atomic mass is 19.1. The zero-order valence-electron chi connectivity index (χ0n) is 19.7. The van der Waals surface area contributed by atoms with Gasteiger partial charge >= 0.3 is 0 Å². The monoisotopic (exact) mass is 486 g/mol. The summed E-state index contributed by atoms with van der Waals surface area (Å²) in [6.45, 7) is 0.172. The molecule has 0 fully saturated rings. The van der Waals surface area contributed by atoms with Crippen molar-refractivity contribution in [2.75, 3.05) is 6.79 Å². The Bertz CT molecular complexity index is 1260. The molecule has 0 saturated heterocycles. The second-order valence-corrected chi connectivity index (χ2v) is 8.96. The van der Waals surface area contributed by atoms with E-state index in [0.717, 1.165) is 16.7 Å². The van der Waals surface area contributed by atoms with Crippen molar-refractivity contribution in [3.8, 4) is 11.5 Å². The molecule has 5 rings (SSSR count). The molecule has 3 aromatic rings. The summed E-state index contributed by atoms with van der Waals surface area (Å²) in [5.41, 5.74) is 2.46. The lowest BCUT2D eigenvalue weighted by Gasteiger charge is -2.25. The van der Waals surface area contributed by atoms with Gasteiger partial charge in [0, 0.05) is 6.42 Å². The maximum atomic E-state index is 13.6. The third-order valence-electron chi connectivity index (χ3n) is 6.54. The number of rotatable bonds is 3. The molecule has 2 heterocycles. The predicted molar refractivity (Wildman–Crippen MR) is 133 cm³/mol. The molecule has 2 amide bonds. The molecule has 7 heteroatoms. The van der Waals surface area contributed by atoms with Crippen LogP contribution in [0.1, 0.15) is 54.0 Å². The number of nitrogens with one attached hydrogen (secondary N) is 2. The van der Waals surface area contributed by atoms with Crippen LogP contribution in [0.4, 0.5) is 4.39 Å². The Labute approximate surface area is 209 Å². The highest BCUT2D eigenvalue weighted by Crippen LogP contribution is 2.35. The first kappa shape index (κ1) is 23.6. The van der Waals surface area contributed by atoms with Gasteiger partial charge in [0.25, 0.3) is 0 Å². The van der Waals surface area contributed by atoms with E-state index in [-0.39, 0.29) is 42.9 Å². The topological polar surface area (TPSA) is 76.7 Å². The van der Waals surface area contributed by atoms with E-state index in [1.165, 1.54) is 12.1 Å². The predicted octanol–water partition coefficient (Wildman–Crippen LogP) is 5.09. The average Bonchev–Trinajstić information content (AvgIpc) is 3.36. The summed E-state index contributed by atoms with van der Waals surface area (Å²) in [6, 6.07) is 20.4.